The molecule has 1 heterocycles. The van der Waals surface area contributed by atoms with Crippen molar-refractivity contribution in [3.63, 3.8) is 0 Å². The number of anilines is 1. The van der Waals surface area contributed by atoms with Gasteiger partial charge in [-0.3, -0.25) is 4.90 Å². The normalized spacial score (nSPS) is 14.5. The lowest BCUT2D eigenvalue weighted by Crippen LogP contribution is -2.48. The Morgan fingerprint density at radius 2 is 1.59 bits per heavy atom. The van der Waals surface area contributed by atoms with Gasteiger partial charge in [-0.05, 0) is 42.0 Å². The number of halogens is 3. The fourth-order valence-electron chi connectivity index (χ4n) is 2.96. The van der Waals surface area contributed by atoms with Crippen molar-refractivity contribution in [2.45, 2.75) is 12.7 Å². The van der Waals surface area contributed by atoms with Crippen molar-refractivity contribution in [2.75, 3.05) is 31.2 Å². The van der Waals surface area contributed by atoms with E-state index in [0.29, 0.717) is 37.6 Å². The highest BCUT2D eigenvalue weighted by atomic mass is 19.4. The highest BCUT2D eigenvalue weighted by Gasteiger charge is 2.31. The highest BCUT2D eigenvalue weighted by molar-refractivity contribution is 5.92. The maximum atomic E-state index is 13.0. The van der Waals surface area contributed by atoms with Gasteiger partial charge in [0.05, 0.1) is 30.9 Å². The number of carbonyl (C=O) groups excluding carboxylic acids is 1. The number of nitrogens with zero attached hydrogens (tertiary/aromatic N) is 2. The van der Waals surface area contributed by atoms with Crippen molar-refractivity contribution in [3.8, 4) is 0 Å². The Morgan fingerprint density at radius 3 is 2.10 bits per heavy atom. The van der Waals surface area contributed by atoms with Crippen LogP contribution in [0.25, 0.3) is 0 Å². The predicted molar refractivity (Wildman–Crippen MR) is 98.8 cm³/mol. The first-order chi connectivity index (χ1) is 13.8. The molecule has 0 aromatic heterocycles. The number of carbonyl (C=O) groups is 2. The molecule has 1 saturated heterocycles. The van der Waals surface area contributed by atoms with Gasteiger partial charge in [-0.2, -0.15) is 13.2 Å². The molecule has 2 amide bonds. The topological polar surface area (TPSA) is 70.1 Å². The predicted octanol–water partition coefficient (Wildman–Crippen LogP) is 3.86. The van der Waals surface area contributed by atoms with Crippen LogP contribution in [0.4, 0.5) is 23.7 Å². The number of carboxylic acids is 1. The van der Waals surface area contributed by atoms with Gasteiger partial charge in [0, 0.05) is 18.8 Å². The summed E-state index contributed by atoms with van der Waals surface area (Å²) >= 11 is 0. The summed E-state index contributed by atoms with van der Waals surface area (Å²) < 4.78 is 43.9. The van der Waals surface area contributed by atoms with E-state index in [1.165, 1.54) is 29.2 Å². The fourth-order valence-corrected chi connectivity index (χ4v) is 2.96. The van der Waals surface area contributed by atoms with E-state index in [-0.39, 0.29) is 18.1 Å². The van der Waals surface area contributed by atoms with Gasteiger partial charge in [-0.15, -0.1) is 0 Å². The molecule has 3 rings (SSSR count). The van der Waals surface area contributed by atoms with Crippen molar-refractivity contribution in [2.24, 2.45) is 0 Å². The van der Waals surface area contributed by atoms with Gasteiger partial charge in [0.1, 0.15) is 0 Å². The van der Waals surface area contributed by atoms with Crippen LogP contribution in [0.2, 0.25) is 0 Å². The molecule has 0 aliphatic carbocycles. The minimum Gasteiger partial charge on any atom is -0.478 e. The smallest absolute Gasteiger partial charge is 0.416 e. The van der Waals surface area contributed by atoms with Crippen molar-refractivity contribution >= 4 is 17.7 Å². The molecule has 0 bridgehead atoms. The number of morpholine rings is 1. The molecule has 0 saturated carbocycles. The summed E-state index contributed by atoms with van der Waals surface area (Å²) in [7, 11) is 0. The lowest BCUT2D eigenvalue weighted by Gasteiger charge is -2.33. The van der Waals surface area contributed by atoms with Crippen molar-refractivity contribution in [1.82, 2.24) is 4.90 Å². The van der Waals surface area contributed by atoms with Gasteiger partial charge in [-0.25, -0.2) is 9.59 Å². The van der Waals surface area contributed by atoms with E-state index in [0.717, 1.165) is 12.1 Å². The van der Waals surface area contributed by atoms with E-state index in [1.807, 2.05) is 0 Å². The number of ether oxygens (including phenoxy) is 1. The lowest BCUT2D eigenvalue weighted by molar-refractivity contribution is -0.137. The van der Waals surface area contributed by atoms with Crippen molar-refractivity contribution in [3.05, 3.63) is 65.2 Å². The number of aromatic carboxylic acids is 1. The Hall–Kier alpha value is -3.07. The van der Waals surface area contributed by atoms with Crippen LogP contribution in [0.5, 0.6) is 0 Å². The van der Waals surface area contributed by atoms with Gasteiger partial charge in [-0.1, -0.05) is 12.1 Å². The zero-order valence-corrected chi connectivity index (χ0v) is 15.4. The minimum absolute atomic E-state index is 0.0848. The summed E-state index contributed by atoms with van der Waals surface area (Å²) in [6, 6.07) is 10.0. The number of alkyl halides is 3. The first-order valence-corrected chi connectivity index (χ1v) is 8.89. The van der Waals surface area contributed by atoms with Crippen LogP contribution in [-0.2, 0) is 17.5 Å². The summed E-state index contributed by atoms with van der Waals surface area (Å²) in [6.45, 7) is 1.63. The molecule has 0 spiro atoms. The Labute approximate surface area is 165 Å². The van der Waals surface area contributed by atoms with Gasteiger partial charge < -0.3 is 14.7 Å². The number of urea groups is 1. The van der Waals surface area contributed by atoms with Gasteiger partial charge in [0.15, 0.2) is 0 Å². The monoisotopic (exact) mass is 408 g/mol. The molecule has 1 aliphatic heterocycles. The molecule has 1 aliphatic rings. The second-order valence-electron chi connectivity index (χ2n) is 6.51. The summed E-state index contributed by atoms with van der Waals surface area (Å²) in [5, 5.41) is 9.01. The Kier molecular flexibility index (Phi) is 6.07. The van der Waals surface area contributed by atoms with Crippen molar-refractivity contribution in [1.29, 1.82) is 0 Å². The largest absolute Gasteiger partial charge is 0.478 e. The van der Waals surface area contributed by atoms with Crippen LogP contribution >= 0.6 is 0 Å². The molecule has 2 aromatic carbocycles. The molecule has 1 fully saturated rings. The third kappa shape index (κ3) is 5.05. The third-order valence-corrected chi connectivity index (χ3v) is 4.56. The number of benzene rings is 2. The molecule has 6 nitrogen and oxygen atoms in total. The van der Waals surface area contributed by atoms with Crippen LogP contribution in [-0.4, -0.2) is 48.3 Å². The third-order valence-electron chi connectivity index (χ3n) is 4.56. The maximum absolute atomic E-state index is 13.0. The second kappa shape index (κ2) is 8.52. The molecule has 29 heavy (non-hydrogen) atoms. The van der Waals surface area contributed by atoms with Crippen LogP contribution < -0.4 is 4.90 Å². The number of amides is 2. The molecular weight excluding hydrogens is 389 g/mol. The summed E-state index contributed by atoms with van der Waals surface area (Å²) in [6.07, 6.45) is -4.47. The van der Waals surface area contributed by atoms with Gasteiger partial charge in [0.2, 0.25) is 0 Å². The SMILES string of the molecule is O=C(O)c1ccc(CN(C(=O)N2CCOCC2)c2ccc(C(F)(F)F)cc2)cc1. The number of hydrogen-bond acceptors (Lipinski definition) is 3. The molecule has 9 heteroatoms. The van der Waals surface area contributed by atoms with Crippen molar-refractivity contribution < 1.29 is 32.6 Å². The number of rotatable bonds is 4. The highest BCUT2D eigenvalue weighted by Crippen LogP contribution is 2.31. The van der Waals surface area contributed by atoms with Crippen LogP contribution in [0, 0.1) is 0 Å². The van der Waals surface area contributed by atoms with E-state index < -0.39 is 17.7 Å². The van der Waals surface area contributed by atoms with E-state index in [1.54, 1.807) is 17.0 Å². The summed E-state index contributed by atoms with van der Waals surface area (Å²) in [5.41, 5.74) is 0.272. The molecule has 1 N–H and O–H groups in total. The first-order valence-electron chi connectivity index (χ1n) is 8.89. The Bertz CT molecular complexity index is 861. The molecular formula is C20H19F3N2O4. The average molecular weight is 408 g/mol. The number of hydrogen-bond donors (Lipinski definition) is 1. The second-order valence-corrected chi connectivity index (χ2v) is 6.51. The van der Waals surface area contributed by atoms with E-state index in [2.05, 4.69) is 0 Å². The molecule has 0 atom stereocenters. The zero-order chi connectivity index (χ0) is 21.0. The molecule has 2 aromatic rings. The van der Waals surface area contributed by atoms with E-state index in [9.17, 15) is 22.8 Å². The number of carboxylic acid groups (broad SMARTS) is 1. The summed E-state index contributed by atoms with van der Waals surface area (Å²) in [5.74, 6) is -1.07. The van der Waals surface area contributed by atoms with Gasteiger partial charge >= 0.3 is 18.2 Å². The minimum atomic E-state index is -4.47. The molecule has 154 valence electrons. The fraction of sp³-hybridized carbons (Fsp3) is 0.300. The first kappa shape index (κ1) is 20.7. The molecule has 0 radical (unpaired) electrons. The van der Waals surface area contributed by atoms with Gasteiger partial charge in [0.25, 0.3) is 0 Å². The standard InChI is InChI=1S/C20H19F3N2O4/c21-20(22,23)16-5-7-17(8-6-16)25(19(28)24-9-11-29-12-10-24)13-14-1-3-15(4-2-14)18(26)27/h1-8H,9-13H2,(H,26,27). The van der Waals surface area contributed by atoms with Crippen LogP contribution in [0.1, 0.15) is 21.5 Å². The van der Waals surface area contributed by atoms with E-state index >= 15 is 0 Å². The van der Waals surface area contributed by atoms with Crippen LogP contribution in [0.3, 0.4) is 0 Å². The lowest BCUT2D eigenvalue weighted by atomic mass is 10.1. The Balaban J connectivity index is 1.88. The quantitative estimate of drug-likeness (QED) is 0.834. The summed E-state index contributed by atoms with van der Waals surface area (Å²) in [4.78, 5) is 27.0. The Morgan fingerprint density at radius 1 is 1.00 bits per heavy atom. The molecule has 0 unspecified atom stereocenters. The average Bonchev–Trinajstić information content (AvgIpc) is 2.72. The van der Waals surface area contributed by atoms with Crippen LogP contribution in [0.15, 0.2) is 48.5 Å². The zero-order valence-electron chi connectivity index (χ0n) is 15.4. The van der Waals surface area contributed by atoms with E-state index in [4.69, 9.17) is 9.84 Å². The maximum Gasteiger partial charge on any atom is 0.416 e.